The highest BCUT2D eigenvalue weighted by Crippen LogP contribution is 2.18. The van der Waals surface area contributed by atoms with E-state index in [1.165, 1.54) is 18.4 Å². The molecule has 0 radical (unpaired) electrons. The van der Waals surface area contributed by atoms with E-state index in [2.05, 4.69) is 27.4 Å². The van der Waals surface area contributed by atoms with Gasteiger partial charge in [-0.3, -0.25) is 0 Å². The zero-order chi connectivity index (χ0) is 9.56. The summed E-state index contributed by atoms with van der Waals surface area (Å²) in [5, 5.41) is 0. The van der Waals surface area contributed by atoms with Gasteiger partial charge in [0.25, 0.3) is 0 Å². The van der Waals surface area contributed by atoms with Crippen molar-refractivity contribution in [2.24, 2.45) is 11.8 Å². The Morgan fingerprint density at radius 1 is 1.33 bits per heavy atom. The van der Waals surface area contributed by atoms with Gasteiger partial charge in [-0.1, -0.05) is 32.4 Å². The number of ether oxygens (including phenoxy) is 1. The minimum Gasteiger partial charge on any atom is -0.384 e. The fourth-order valence-corrected chi connectivity index (χ4v) is 1.21. The van der Waals surface area contributed by atoms with Crippen molar-refractivity contribution >= 4 is 0 Å². The summed E-state index contributed by atoms with van der Waals surface area (Å²) < 4.78 is 5.14. The lowest BCUT2D eigenvalue weighted by Gasteiger charge is -2.16. The third-order valence-corrected chi connectivity index (χ3v) is 2.16. The minimum absolute atomic E-state index is 0.553. The van der Waals surface area contributed by atoms with Crippen LogP contribution in [0.5, 0.6) is 0 Å². The lowest BCUT2D eigenvalue weighted by molar-refractivity contribution is 0.159. The van der Waals surface area contributed by atoms with E-state index in [-0.39, 0.29) is 0 Å². The second-order valence-electron chi connectivity index (χ2n) is 3.97. The summed E-state index contributed by atoms with van der Waals surface area (Å²) in [6.45, 7) is 11.4. The summed E-state index contributed by atoms with van der Waals surface area (Å²) in [7, 11) is 1.76. The maximum absolute atomic E-state index is 5.14. The van der Waals surface area contributed by atoms with E-state index >= 15 is 0 Å². The largest absolute Gasteiger partial charge is 0.384 e. The van der Waals surface area contributed by atoms with Crippen LogP contribution in [0.15, 0.2) is 12.2 Å². The van der Waals surface area contributed by atoms with E-state index in [1.54, 1.807) is 7.11 Å². The predicted octanol–water partition coefficient (Wildman–Crippen LogP) is 3.26. The Morgan fingerprint density at radius 3 is 2.25 bits per heavy atom. The van der Waals surface area contributed by atoms with Crippen LogP contribution in [-0.4, -0.2) is 13.7 Å². The van der Waals surface area contributed by atoms with Gasteiger partial charge in [-0.15, -0.1) is 0 Å². The second-order valence-corrected chi connectivity index (χ2v) is 3.97. The van der Waals surface area contributed by atoms with Crippen LogP contribution < -0.4 is 0 Å². The van der Waals surface area contributed by atoms with Gasteiger partial charge < -0.3 is 4.74 Å². The molecule has 0 amide bonds. The topological polar surface area (TPSA) is 9.23 Å². The van der Waals surface area contributed by atoms with E-state index in [0.717, 1.165) is 12.5 Å². The van der Waals surface area contributed by atoms with E-state index in [4.69, 9.17) is 4.74 Å². The fraction of sp³-hybridized carbons (Fsp3) is 0.818. The Balaban J connectivity index is 3.71. The van der Waals surface area contributed by atoms with Gasteiger partial charge in [-0.05, 0) is 19.3 Å². The molecule has 12 heavy (non-hydrogen) atoms. The number of hydrogen-bond donors (Lipinski definition) is 0. The van der Waals surface area contributed by atoms with Gasteiger partial charge in [-0.25, -0.2) is 0 Å². The smallest absolute Gasteiger partial charge is 0.0527 e. The van der Waals surface area contributed by atoms with Crippen LogP contribution in [0.2, 0.25) is 0 Å². The van der Waals surface area contributed by atoms with Gasteiger partial charge >= 0.3 is 0 Å². The second kappa shape index (κ2) is 6.24. The monoisotopic (exact) mass is 170 g/mol. The fourth-order valence-electron chi connectivity index (χ4n) is 1.21. The van der Waals surface area contributed by atoms with Gasteiger partial charge in [0.05, 0.1) is 6.61 Å². The van der Waals surface area contributed by atoms with Crippen molar-refractivity contribution < 1.29 is 4.74 Å². The van der Waals surface area contributed by atoms with Crippen LogP contribution in [0.25, 0.3) is 0 Å². The molecule has 0 N–H and O–H groups in total. The molecule has 1 heteroatoms. The van der Waals surface area contributed by atoms with E-state index in [1.807, 2.05) is 0 Å². The zero-order valence-corrected chi connectivity index (χ0v) is 8.89. The summed E-state index contributed by atoms with van der Waals surface area (Å²) in [5.41, 5.74) is 1.25. The standard InChI is InChI=1S/C11H22O/c1-9(2)6-7-11(8-12-5)10(3)4/h9,11H,3,6-8H2,1-2,4-5H3/t11-/m0/s1. The highest BCUT2D eigenvalue weighted by atomic mass is 16.5. The Morgan fingerprint density at radius 2 is 1.92 bits per heavy atom. The van der Waals surface area contributed by atoms with Crippen molar-refractivity contribution in [1.82, 2.24) is 0 Å². The lowest BCUT2D eigenvalue weighted by Crippen LogP contribution is -2.10. The molecule has 0 aliphatic rings. The zero-order valence-electron chi connectivity index (χ0n) is 8.89. The Labute approximate surface area is 76.8 Å². The first-order valence-corrected chi connectivity index (χ1v) is 4.72. The van der Waals surface area contributed by atoms with Crippen LogP contribution in [-0.2, 0) is 4.74 Å². The molecular formula is C11H22O. The van der Waals surface area contributed by atoms with E-state index in [0.29, 0.717) is 5.92 Å². The molecular weight excluding hydrogens is 148 g/mol. The first-order valence-electron chi connectivity index (χ1n) is 4.72. The molecule has 0 heterocycles. The molecule has 72 valence electrons. The van der Waals surface area contributed by atoms with Gasteiger partial charge in [-0.2, -0.15) is 0 Å². The molecule has 0 fully saturated rings. The minimum atomic E-state index is 0.553. The van der Waals surface area contributed by atoms with Gasteiger partial charge in [0, 0.05) is 13.0 Å². The molecule has 0 aromatic rings. The van der Waals surface area contributed by atoms with Crippen LogP contribution in [0, 0.1) is 11.8 Å². The Hall–Kier alpha value is -0.300. The molecule has 0 aromatic carbocycles. The van der Waals surface area contributed by atoms with E-state index in [9.17, 15) is 0 Å². The van der Waals surface area contributed by atoms with Crippen molar-refractivity contribution in [1.29, 1.82) is 0 Å². The first kappa shape index (κ1) is 11.7. The number of rotatable bonds is 6. The molecule has 0 aliphatic carbocycles. The number of methoxy groups -OCH3 is 1. The van der Waals surface area contributed by atoms with E-state index < -0.39 is 0 Å². The van der Waals surface area contributed by atoms with Crippen LogP contribution >= 0.6 is 0 Å². The third-order valence-electron chi connectivity index (χ3n) is 2.16. The van der Waals surface area contributed by atoms with Crippen molar-refractivity contribution in [3.8, 4) is 0 Å². The quantitative estimate of drug-likeness (QED) is 0.556. The molecule has 1 nitrogen and oxygen atoms in total. The highest BCUT2D eigenvalue weighted by molar-refractivity contribution is 4.95. The molecule has 0 bridgehead atoms. The summed E-state index contributed by atoms with van der Waals surface area (Å²) in [6, 6.07) is 0. The normalized spacial score (nSPS) is 13.4. The molecule has 0 rings (SSSR count). The Kier molecular flexibility index (Phi) is 6.09. The van der Waals surface area contributed by atoms with Crippen LogP contribution in [0.3, 0.4) is 0 Å². The third kappa shape index (κ3) is 5.36. The molecule has 0 aromatic heterocycles. The average molecular weight is 170 g/mol. The van der Waals surface area contributed by atoms with Crippen molar-refractivity contribution in [3.05, 3.63) is 12.2 Å². The maximum Gasteiger partial charge on any atom is 0.0527 e. The SMILES string of the molecule is C=C(C)[C@@H](CCC(C)C)COC. The van der Waals surface area contributed by atoms with Crippen LogP contribution in [0.1, 0.15) is 33.6 Å². The average Bonchev–Trinajstić information content (AvgIpc) is 1.96. The maximum atomic E-state index is 5.14. The molecule has 0 saturated carbocycles. The van der Waals surface area contributed by atoms with Crippen LogP contribution in [0.4, 0.5) is 0 Å². The first-order chi connectivity index (χ1) is 5.57. The molecule has 1 atom stereocenters. The summed E-state index contributed by atoms with van der Waals surface area (Å²) in [5.74, 6) is 1.33. The molecule has 0 unspecified atom stereocenters. The summed E-state index contributed by atoms with van der Waals surface area (Å²) in [6.07, 6.45) is 2.47. The van der Waals surface area contributed by atoms with Gasteiger partial charge in [0.1, 0.15) is 0 Å². The molecule has 0 spiro atoms. The van der Waals surface area contributed by atoms with Crippen molar-refractivity contribution in [2.75, 3.05) is 13.7 Å². The highest BCUT2D eigenvalue weighted by Gasteiger charge is 2.09. The number of hydrogen-bond acceptors (Lipinski definition) is 1. The predicted molar refractivity (Wildman–Crippen MR) is 54.3 cm³/mol. The van der Waals surface area contributed by atoms with Gasteiger partial charge in [0.2, 0.25) is 0 Å². The molecule has 0 aliphatic heterocycles. The van der Waals surface area contributed by atoms with Crippen molar-refractivity contribution in [2.45, 2.75) is 33.6 Å². The van der Waals surface area contributed by atoms with Crippen molar-refractivity contribution in [3.63, 3.8) is 0 Å². The van der Waals surface area contributed by atoms with Gasteiger partial charge in [0.15, 0.2) is 0 Å². The molecule has 0 saturated heterocycles. The lowest BCUT2D eigenvalue weighted by atomic mass is 9.93. The Bertz CT molecular complexity index is 127. The summed E-state index contributed by atoms with van der Waals surface area (Å²) in [4.78, 5) is 0. The summed E-state index contributed by atoms with van der Waals surface area (Å²) >= 11 is 0.